The summed E-state index contributed by atoms with van der Waals surface area (Å²) in [5, 5.41) is 36.7. The summed E-state index contributed by atoms with van der Waals surface area (Å²) in [5.41, 5.74) is -4.49. The van der Waals surface area contributed by atoms with Crippen LogP contribution in [0, 0.1) is 0 Å². The summed E-state index contributed by atoms with van der Waals surface area (Å²) in [6.45, 7) is 0. The van der Waals surface area contributed by atoms with E-state index in [1.165, 1.54) is 0 Å². The number of aliphatic hydroxyl groups excluding tert-OH is 4. The molecule has 108 valence electrons. The van der Waals surface area contributed by atoms with Crippen LogP contribution < -0.4 is 0 Å². The molecule has 0 aromatic heterocycles. The first-order valence-electron chi connectivity index (χ1n) is 4.78. The first-order valence-corrected chi connectivity index (χ1v) is 6.40. The van der Waals surface area contributed by atoms with Gasteiger partial charge in [-0.25, -0.2) is 0 Å². The number of halogens is 2. The molecule has 1 saturated heterocycles. The quantitative estimate of drug-likeness (QED) is 0.326. The Labute approximate surface area is 99.6 Å². The van der Waals surface area contributed by atoms with Crippen molar-refractivity contribution in [3.8, 4) is 0 Å². The second-order valence-electron chi connectivity index (χ2n) is 3.95. The lowest BCUT2D eigenvalue weighted by Gasteiger charge is -2.39. The van der Waals surface area contributed by atoms with Gasteiger partial charge in [0.25, 0.3) is 0 Å². The predicted molar refractivity (Wildman–Crippen MR) is 50.5 cm³/mol. The molecule has 1 aliphatic rings. The van der Waals surface area contributed by atoms with Crippen LogP contribution in [0.15, 0.2) is 0 Å². The Kier molecular flexibility index (Phi) is 4.46. The van der Waals surface area contributed by atoms with E-state index in [1.54, 1.807) is 0 Å². The van der Waals surface area contributed by atoms with Crippen LogP contribution in [-0.2, 0) is 9.30 Å². The monoisotopic (exact) mass is 294 g/mol. The molecule has 5 atom stereocenters. The summed E-state index contributed by atoms with van der Waals surface area (Å²) < 4.78 is 41.0. The lowest BCUT2D eigenvalue weighted by molar-refractivity contribution is -0.287. The van der Waals surface area contributed by atoms with Crippen LogP contribution >= 0.6 is 7.60 Å². The van der Waals surface area contributed by atoms with Crippen molar-refractivity contribution in [1.29, 1.82) is 0 Å². The molecule has 5 unspecified atom stereocenters. The summed E-state index contributed by atoms with van der Waals surface area (Å²) in [4.78, 5) is 16.8. The van der Waals surface area contributed by atoms with E-state index < -0.39 is 50.4 Å². The molecule has 1 heterocycles. The topological polar surface area (TPSA) is 148 Å². The molecular formula is C7H13F2O8P. The molecule has 8 nitrogen and oxygen atoms in total. The van der Waals surface area contributed by atoms with E-state index in [2.05, 4.69) is 4.74 Å². The fourth-order valence-electron chi connectivity index (χ4n) is 1.46. The zero-order valence-corrected chi connectivity index (χ0v) is 9.69. The van der Waals surface area contributed by atoms with Crippen molar-refractivity contribution in [2.24, 2.45) is 0 Å². The van der Waals surface area contributed by atoms with Gasteiger partial charge in [0.2, 0.25) is 0 Å². The molecule has 6 N–H and O–H groups in total. The minimum absolute atomic E-state index is 1.61. The first-order chi connectivity index (χ1) is 7.97. The Morgan fingerprint density at radius 2 is 1.56 bits per heavy atom. The molecule has 0 aromatic rings. The lowest BCUT2D eigenvalue weighted by Crippen LogP contribution is -2.58. The summed E-state index contributed by atoms with van der Waals surface area (Å²) >= 11 is 0. The minimum Gasteiger partial charge on any atom is -0.388 e. The maximum atomic E-state index is 13.1. The molecule has 0 spiro atoms. The van der Waals surface area contributed by atoms with Gasteiger partial charge >= 0.3 is 13.3 Å². The van der Waals surface area contributed by atoms with E-state index >= 15 is 0 Å². The largest absolute Gasteiger partial charge is 0.394 e. The van der Waals surface area contributed by atoms with Crippen molar-refractivity contribution < 1.29 is 48.3 Å². The average molecular weight is 294 g/mol. The van der Waals surface area contributed by atoms with Gasteiger partial charge in [-0.2, -0.15) is 8.78 Å². The first kappa shape index (κ1) is 15.9. The Morgan fingerprint density at radius 1 is 1.06 bits per heavy atom. The van der Waals surface area contributed by atoms with E-state index in [4.69, 9.17) is 20.0 Å². The number of ether oxygens (including phenoxy) is 1. The maximum absolute atomic E-state index is 13.1. The number of hydrogen-bond donors (Lipinski definition) is 6. The molecular weight excluding hydrogens is 281 g/mol. The third-order valence-electron chi connectivity index (χ3n) is 2.56. The Morgan fingerprint density at radius 3 is 2.00 bits per heavy atom. The standard InChI is InChI=1S/C7H13F2O8P/c8-7(9,18(14,15)16)1-2-3(10)4(11)5(12)6(13)17-2/h2-6,10-13H,1H2,(H2,14,15,16). The zero-order valence-electron chi connectivity index (χ0n) is 8.80. The third-order valence-corrected chi connectivity index (χ3v) is 3.59. The molecule has 11 heteroatoms. The Bertz CT molecular complexity index is 346. The number of aliphatic hydroxyl groups is 4. The van der Waals surface area contributed by atoms with Crippen molar-refractivity contribution in [3.05, 3.63) is 0 Å². The third kappa shape index (κ3) is 3.03. The fourth-order valence-corrected chi connectivity index (χ4v) is 1.88. The van der Waals surface area contributed by atoms with E-state index in [0.29, 0.717) is 0 Å². The van der Waals surface area contributed by atoms with Crippen LogP contribution in [0.25, 0.3) is 0 Å². The molecule has 0 aliphatic carbocycles. The van der Waals surface area contributed by atoms with E-state index in [-0.39, 0.29) is 0 Å². The minimum atomic E-state index is -5.77. The van der Waals surface area contributed by atoms with Crippen LogP contribution in [0.4, 0.5) is 8.78 Å². The highest BCUT2D eigenvalue weighted by Crippen LogP contribution is 2.55. The molecule has 0 amide bonds. The summed E-state index contributed by atoms with van der Waals surface area (Å²) in [7, 11) is -5.77. The van der Waals surface area contributed by atoms with Gasteiger partial charge in [-0.1, -0.05) is 0 Å². The van der Waals surface area contributed by atoms with Gasteiger partial charge in [-0.15, -0.1) is 0 Å². The van der Waals surface area contributed by atoms with Crippen molar-refractivity contribution in [2.75, 3.05) is 0 Å². The van der Waals surface area contributed by atoms with Crippen molar-refractivity contribution in [2.45, 2.75) is 42.8 Å². The van der Waals surface area contributed by atoms with Crippen LogP contribution in [-0.4, -0.2) is 66.6 Å². The van der Waals surface area contributed by atoms with Crippen molar-refractivity contribution >= 4 is 7.60 Å². The van der Waals surface area contributed by atoms with E-state index in [1.807, 2.05) is 0 Å². The van der Waals surface area contributed by atoms with Crippen LogP contribution in [0.2, 0.25) is 0 Å². The molecule has 1 aliphatic heterocycles. The Hall–Kier alpha value is -0.190. The lowest BCUT2D eigenvalue weighted by atomic mass is 9.97. The van der Waals surface area contributed by atoms with E-state index in [0.717, 1.165) is 0 Å². The SMILES string of the molecule is O=P(O)(O)C(F)(F)CC1OC(O)C(O)C(O)C1O. The summed E-state index contributed by atoms with van der Waals surface area (Å²) in [5.74, 6) is 0. The smallest absolute Gasteiger partial charge is 0.388 e. The van der Waals surface area contributed by atoms with Gasteiger partial charge in [-0.05, 0) is 0 Å². The average Bonchev–Trinajstić information content (AvgIpc) is 2.21. The molecule has 1 rings (SSSR count). The molecule has 18 heavy (non-hydrogen) atoms. The van der Waals surface area contributed by atoms with Crippen LogP contribution in [0.1, 0.15) is 6.42 Å². The van der Waals surface area contributed by atoms with Crippen LogP contribution in [0.5, 0.6) is 0 Å². The summed E-state index contributed by atoms with van der Waals surface area (Å²) in [6, 6.07) is 0. The Balaban J connectivity index is 2.82. The second kappa shape index (κ2) is 5.06. The van der Waals surface area contributed by atoms with Crippen LogP contribution in [0.3, 0.4) is 0 Å². The molecule has 0 aromatic carbocycles. The number of rotatable bonds is 3. The van der Waals surface area contributed by atoms with Gasteiger partial charge in [0.05, 0.1) is 12.5 Å². The van der Waals surface area contributed by atoms with Crippen molar-refractivity contribution in [1.82, 2.24) is 0 Å². The molecule has 0 saturated carbocycles. The van der Waals surface area contributed by atoms with Gasteiger partial charge in [-0.3, -0.25) is 4.57 Å². The maximum Gasteiger partial charge on any atom is 0.394 e. The zero-order chi connectivity index (χ0) is 14.3. The fraction of sp³-hybridized carbons (Fsp3) is 1.00. The highest BCUT2D eigenvalue weighted by atomic mass is 31.2. The normalized spacial score (nSPS) is 38.8. The highest BCUT2D eigenvalue weighted by molar-refractivity contribution is 7.53. The van der Waals surface area contributed by atoms with E-state index in [9.17, 15) is 23.6 Å². The van der Waals surface area contributed by atoms with Gasteiger partial charge in [0.1, 0.15) is 18.3 Å². The van der Waals surface area contributed by atoms with Crippen molar-refractivity contribution in [3.63, 3.8) is 0 Å². The number of alkyl halides is 2. The highest BCUT2D eigenvalue weighted by Gasteiger charge is 2.54. The molecule has 0 radical (unpaired) electrons. The molecule has 0 bridgehead atoms. The predicted octanol–water partition coefficient (Wildman–Crippen LogP) is -2.05. The molecule has 1 fully saturated rings. The van der Waals surface area contributed by atoms with Gasteiger partial charge in [0, 0.05) is 0 Å². The summed E-state index contributed by atoms with van der Waals surface area (Å²) in [6.07, 6.45) is -11.5. The van der Waals surface area contributed by atoms with Gasteiger partial charge in [0.15, 0.2) is 6.29 Å². The number of hydrogen-bond acceptors (Lipinski definition) is 6. The second-order valence-corrected chi connectivity index (χ2v) is 5.69. The van der Waals surface area contributed by atoms with Gasteiger partial charge < -0.3 is 34.9 Å².